The number of rotatable bonds is 11. The summed E-state index contributed by atoms with van der Waals surface area (Å²) in [6.45, 7) is 4.78. The van der Waals surface area contributed by atoms with Crippen molar-refractivity contribution < 1.29 is 13.5 Å². The Kier molecular flexibility index (Phi) is 10.5. The number of unbranched alkanes of at least 4 members (excludes halogenated alkanes) is 5. The fraction of sp³-hybridized carbons (Fsp3) is 0.724. The van der Waals surface area contributed by atoms with Crippen molar-refractivity contribution in [3.05, 3.63) is 41.5 Å². The van der Waals surface area contributed by atoms with Crippen LogP contribution in [0, 0.1) is 29.4 Å². The number of benzene rings is 1. The van der Waals surface area contributed by atoms with E-state index in [1.807, 2.05) is 0 Å². The Morgan fingerprint density at radius 1 is 0.812 bits per heavy atom. The maximum Gasteiger partial charge on any atom is 0.200 e. The van der Waals surface area contributed by atoms with E-state index in [0.29, 0.717) is 12.2 Å². The van der Waals surface area contributed by atoms with E-state index in [9.17, 15) is 8.78 Å². The lowest BCUT2D eigenvalue weighted by Gasteiger charge is -2.37. The Morgan fingerprint density at radius 2 is 1.44 bits per heavy atom. The molecule has 0 radical (unpaired) electrons. The van der Waals surface area contributed by atoms with Gasteiger partial charge in [0.2, 0.25) is 5.82 Å². The average Bonchev–Trinajstić information content (AvgIpc) is 2.82. The third-order valence-electron chi connectivity index (χ3n) is 7.99. The van der Waals surface area contributed by atoms with Crippen molar-refractivity contribution >= 4 is 0 Å². The topological polar surface area (TPSA) is 9.23 Å². The van der Waals surface area contributed by atoms with Gasteiger partial charge < -0.3 is 4.74 Å². The molecule has 0 unspecified atom stereocenters. The Hall–Kier alpha value is -1.38. The van der Waals surface area contributed by atoms with Crippen LogP contribution in [0.15, 0.2) is 24.3 Å². The van der Waals surface area contributed by atoms with Crippen molar-refractivity contribution in [2.45, 2.75) is 110 Å². The van der Waals surface area contributed by atoms with Gasteiger partial charge in [0, 0.05) is 0 Å². The second-order valence-corrected chi connectivity index (χ2v) is 10.2. The van der Waals surface area contributed by atoms with Gasteiger partial charge in [-0.15, -0.1) is 0 Å². The number of halogens is 2. The third-order valence-corrected chi connectivity index (χ3v) is 7.99. The zero-order valence-electron chi connectivity index (χ0n) is 20.4. The maximum atomic E-state index is 14.9. The number of hydrogen-bond acceptors (Lipinski definition) is 1. The normalized spacial score (nSPS) is 26.5. The second-order valence-electron chi connectivity index (χ2n) is 10.2. The lowest BCUT2D eigenvalue weighted by Crippen LogP contribution is -2.25. The zero-order valence-corrected chi connectivity index (χ0v) is 20.4. The monoisotopic (exact) mass is 446 g/mol. The van der Waals surface area contributed by atoms with Crippen LogP contribution < -0.4 is 4.74 Å². The predicted octanol–water partition coefficient (Wildman–Crippen LogP) is 9.36. The molecule has 2 aliphatic carbocycles. The van der Waals surface area contributed by atoms with E-state index in [4.69, 9.17) is 4.74 Å². The van der Waals surface area contributed by atoms with Crippen LogP contribution in [0.3, 0.4) is 0 Å². The summed E-state index contributed by atoms with van der Waals surface area (Å²) >= 11 is 0. The Bertz CT molecular complexity index is 697. The van der Waals surface area contributed by atoms with Crippen LogP contribution in [-0.4, -0.2) is 6.61 Å². The first-order valence-corrected chi connectivity index (χ1v) is 13.4. The SMILES string of the molecule is C/C=C/C1CCC(C2CCC(c3ccc(OCCCCCCCC)c(F)c3F)CC2)CC1. The van der Waals surface area contributed by atoms with Crippen LogP contribution in [-0.2, 0) is 0 Å². The molecular weight excluding hydrogens is 402 g/mol. The highest BCUT2D eigenvalue weighted by atomic mass is 19.2. The smallest absolute Gasteiger partial charge is 0.200 e. The summed E-state index contributed by atoms with van der Waals surface area (Å²) in [6.07, 6.45) is 21.0. The summed E-state index contributed by atoms with van der Waals surface area (Å²) in [5.74, 6) is 1.12. The van der Waals surface area contributed by atoms with Crippen molar-refractivity contribution in [1.29, 1.82) is 0 Å². The van der Waals surface area contributed by atoms with Crippen LogP contribution in [0.25, 0.3) is 0 Å². The molecule has 0 aliphatic heterocycles. The molecule has 0 spiro atoms. The van der Waals surface area contributed by atoms with Gasteiger partial charge in [-0.05, 0) is 100 Å². The lowest BCUT2D eigenvalue weighted by molar-refractivity contribution is 0.170. The number of allylic oxidation sites excluding steroid dienone is 2. The molecule has 1 nitrogen and oxygen atoms in total. The van der Waals surface area contributed by atoms with E-state index in [0.717, 1.165) is 56.3 Å². The largest absolute Gasteiger partial charge is 0.490 e. The molecule has 0 saturated heterocycles. The van der Waals surface area contributed by atoms with Gasteiger partial charge in [0.15, 0.2) is 11.6 Å². The zero-order chi connectivity index (χ0) is 22.8. The molecular formula is C29H44F2O. The van der Waals surface area contributed by atoms with Crippen molar-refractivity contribution in [3.8, 4) is 5.75 Å². The van der Waals surface area contributed by atoms with Gasteiger partial charge in [0.25, 0.3) is 0 Å². The van der Waals surface area contributed by atoms with E-state index in [1.165, 1.54) is 51.4 Å². The standard InChI is InChI=1S/C29H44F2O/c1-3-5-6-7-8-9-21-32-27-20-19-26(28(30)29(27)31)25-17-15-24(16-18-25)23-13-11-22(10-4-2)12-14-23/h4,10,19-20,22-25H,3,5-9,11-18,21H2,1-2H3/b10-4+. The molecule has 0 atom stereocenters. The molecule has 0 N–H and O–H groups in total. The van der Waals surface area contributed by atoms with Gasteiger partial charge in [-0.3, -0.25) is 0 Å². The Balaban J connectivity index is 1.44. The average molecular weight is 447 g/mol. The number of ether oxygens (including phenoxy) is 1. The molecule has 0 bridgehead atoms. The second kappa shape index (κ2) is 13.4. The fourth-order valence-electron chi connectivity index (χ4n) is 6.02. The summed E-state index contributed by atoms with van der Waals surface area (Å²) in [5.41, 5.74) is 0.560. The van der Waals surface area contributed by atoms with Crippen LogP contribution in [0.1, 0.15) is 115 Å². The highest BCUT2D eigenvalue weighted by Crippen LogP contribution is 2.45. The minimum absolute atomic E-state index is 0.0754. The van der Waals surface area contributed by atoms with Crippen molar-refractivity contribution in [2.75, 3.05) is 6.61 Å². The summed E-state index contributed by atoms with van der Waals surface area (Å²) in [5, 5.41) is 0. The van der Waals surface area contributed by atoms with Crippen LogP contribution in [0.2, 0.25) is 0 Å². The van der Waals surface area contributed by atoms with Crippen LogP contribution in [0.5, 0.6) is 5.75 Å². The molecule has 2 saturated carbocycles. The molecule has 180 valence electrons. The first-order valence-electron chi connectivity index (χ1n) is 13.4. The quantitative estimate of drug-likeness (QED) is 0.243. The van der Waals surface area contributed by atoms with Crippen molar-refractivity contribution in [3.63, 3.8) is 0 Å². The van der Waals surface area contributed by atoms with E-state index < -0.39 is 11.6 Å². The summed E-state index contributed by atoms with van der Waals surface area (Å²) in [6, 6.07) is 3.43. The van der Waals surface area contributed by atoms with Gasteiger partial charge in [0.05, 0.1) is 6.61 Å². The highest BCUT2D eigenvalue weighted by molar-refractivity contribution is 5.33. The van der Waals surface area contributed by atoms with E-state index >= 15 is 0 Å². The third kappa shape index (κ3) is 7.06. The molecule has 1 aromatic rings. The van der Waals surface area contributed by atoms with E-state index in [1.54, 1.807) is 12.1 Å². The molecule has 32 heavy (non-hydrogen) atoms. The van der Waals surface area contributed by atoms with Crippen molar-refractivity contribution in [1.82, 2.24) is 0 Å². The first kappa shape index (κ1) is 25.2. The molecule has 3 rings (SSSR count). The van der Waals surface area contributed by atoms with Crippen LogP contribution >= 0.6 is 0 Å². The molecule has 3 heteroatoms. The lowest BCUT2D eigenvalue weighted by atomic mass is 9.68. The van der Waals surface area contributed by atoms with Gasteiger partial charge in [-0.25, -0.2) is 4.39 Å². The number of hydrogen-bond donors (Lipinski definition) is 0. The molecule has 2 fully saturated rings. The van der Waals surface area contributed by atoms with Gasteiger partial charge in [0.1, 0.15) is 0 Å². The van der Waals surface area contributed by atoms with Gasteiger partial charge in [-0.2, -0.15) is 4.39 Å². The van der Waals surface area contributed by atoms with Gasteiger partial charge in [-0.1, -0.05) is 57.2 Å². The predicted molar refractivity (Wildman–Crippen MR) is 130 cm³/mol. The minimum Gasteiger partial charge on any atom is -0.490 e. The van der Waals surface area contributed by atoms with Crippen molar-refractivity contribution in [2.24, 2.45) is 17.8 Å². The molecule has 1 aromatic carbocycles. The minimum atomic E-state index is -0.794. The molecule has 0 heterocycles. The summed E-state index contributed by atoms with van der Waals surface area (Å²) in [4.78, 5) is 0. The molecule has 2 aliphatic rings. The Morgan fingerprint density at radius 3 is 2.09 bits per heavy atom. The van der Waals surface area contributed by atoms with E-state index in [2.05, 4.69) is 26.0 Å². The summed E-state index contributed by atoms with van der Waals surface area (Å²) in [7, 11) is 0. The fourth-order valence-corrected chi connectivity index (χ4v) is 6.02. The highest BCUT2D eigenvalue weighted by Gasteiger charge is 2.32. The Labute approximate surface area is 195 Å². The molecule has 0 amide bonds. The maximum absolute atomic E-state index is 14.9. The van der Waals surface area contributed by atoms with E-state index in [-0.39, 0.29) is 11.7 Å². The molecule has 0 aromatic heterocycles. The van der Waals surface area contributed by atoms with Crippen LogP contribution in [0.4, 0.5) is 8.78 Å². The summed E-state index contributed by atoms with van der Waals surface area (Å²) < 4.78 is 35.1. The first-order chi connectivity index (χ1) is 15.6. The van der Waals surface area contributed by atoms with Gasteiger partial charge >= 0.3 is 0 Å².